The second kappa shape index (κ2) is 12.6. The third kappa shape index (κ3) is 6.13. The molecule has 2 aromatic heterocycles. The van der Waals surface area contributed by atoms with Crippen molar-refractivity contribution in [3.05, 3.63) is 88.0 Å². The van der Waals surface area contributed by atoms with Crippen LogP contribution in [-0.2, 0) is 17.8 Å². The summed E-state index contributed by atoms with van der Waals surface area (Å²) >= 11 is 1.18. The molecule has 1 unspecified atom stereocenters. The summed E-state index contributed by atoms with van der Waals surface area (Å²) < 4.78 is 0. The molecule has 1 aliphatic heterocycles. The van der Waals surface area contributed by atoms with Gasteiger partial charge in [-0.15, -0.1) is 0 Å². The second-order valence-electron chi connectivity index (χ2n) is 9.28. The van der Waals surface area contributed by atoms with Crippen molar-refractivity contribution in [3.63, 3.8) is 0 Å². The van der Waals surface area contributed by atoms with E-state index in [1.54, 1.807) is 0 Å². The van der Waals surface area contributed by atoms with Crippen LogP contribution in [0.1, 0.15) is 53.0 Å². The number of benzene rings is 1. The summed E-state index contributed by atoms with van der Waals surface area (Å²) in [4.78, 5) is 27.5. The average Bonchev–Trinajstić information content (AvgIpc) is 2.95. The van der Waals surface area contributed by atoms with Crippen LogP contribution in [0.2, 0.25) is 0 Å². The van der Waals surface area contributed by atoms with Gasteiger partial charge in [-0.25, -0.2) is 9.83 Å². The van der Waals surface area contributed by atoms with Crippen molar-refractivity contribution < 1.29 is 4.79 Å². The molecule has 0 spiro atoms. The highest BCUT2D eigenvalue weighted by Gasteiger charge is 2.29. The third-order valence-corrected chi connectivity index (χ3v) is 8.01. The van der Waals surface area contributed by atoms with Gasteiger partial charge in [-0.05, 0) is 48.9 Å². The van der Waals surface area contributed by atoms with Crippen LogP contribution in [0.4, 0.5) is 11.5 Å². The van der Waals surface area contributed by atoms with Gasteiger partial charge in [-0.2, -0.15) is 5.26 Å². The van der Waals surface area contributed by atoms with Gasteiger partial charge in [0.25, 0.3) is 0 Å². The lowest BCUT2D eigenvalue weighted by molar-refractivity contribution is -0.117. The number of aromatic nitrogens is 2. The summed E-state index contributed by atoms with van der Waals surface area (Å²) in [5.74, 6) is 0.0761. The molecule has 3 aromatic rings. The number of nitrogens with zero attached hydrogens (tertiary/aromatic N) is 5. The van der Waals surface area contributed by atoms with Gasteiger partial charge < -0.3 is 16.0 Å². The summed E-state index contributed by atoms with van der Waals surface area (Å²) in [6.45, 7) is 14.0. The van der Waals surface area contributed by atoms with Crippen molar-refractivity contribution in [2.45, 2.75) is 56.0 Å². The number of aryl methyl sites for hydroxylation is 1. The maximum atomic E-state index is 12.4. The highest BCUT2D eigenvalue weighted by Crippen LogP contribution is 2.43. The minimum absolute atomic E-state index is 0.345. The van der Waals surface area contributed by atoms with Crippen molar-refractivity contribution in [1.29, 1.82) is 5.26 Å². The van der Waals surface area contributed by atoms with Gasteiger partial charge in [0.2, 0.25) is 11.6 Å². The molecule has 9 heteroatoms. The molecule has 8 nitrogen and oxygen atoms in total. The van der Waals surface area contributed by atoms with Gasteiger partial charge in [0, 0.05) is 37.6 Å². The lowest BCUT2D eigenvalue weighted by atomic mass is 10.0. The fourth-order valence-corrected chi connectivity index (χ4v) is 5.72. The third-order valence-electron chi connectivity index (χ3n) is 6.75. The van der Waals surface area contributed by atoms with Crippen LogP contribution in [0.25, 0.3) is 4.85 Å². The number of nitriles is 1. The second-order valence-corrected chi connectivity index (χ2v) is 10.4. The van der Waals surface area contributed by atoms with Gasteiger partial charge >= 0.3 is 0 Å². The van der Waals surface area contributed by atoms with Gasteiger partial charge in [-0.1, -0.05) is 55.1 Å². The van der Waals surface area contributed by atoms with E-state index < -0.39 is 11.2 Å². The zero-order valence-electron chi connectivity index (χ0n) is 21.6. The number of piperidine rings is 1. The van der Waals surface area contributed by atoms with Crippen LogP contribution in [0.15, 0.2) is 53.7 Å². The van der Waals surface area contributed by atoms with E-state index in [1.807, 2.05) is 56.4 Å². The van der Waals surface area contributed by atoms with Crippen LogP contribution in [0.5, 0.6) is 0 Å². The van der Waals surface area contributed by atoms with Crippen LogP contribution < -0.4 is 16.0 Å². The summed E-state index contributed by atoms with van der Waals surface area (Å²) in [5.41, 5.74) is 10.1. The summed E-state index contributed by atoms with van der Waals surface area (Å²) in [5, 5.41) is 13.4. The van der Waals surface area contributed by atoms with Crippen molar-refractivity contribution >= 4 is 29.2 Å². The Bertz CT molecular complexity index is 1350. The Hall–Kier alpha value is -3.92. The molecule has 1 aromatic carbocycles. The molecule has 38 heavy (non-hydrogen) atoms. The smallest absolute Gasteiger partial charge is 0.235 e. The van der Waals surface area contributed by atoms with E-state index in [0.29, 0.717) is 40.1 Å². The van der Waals surface area contributed by atoms with Gasteiger partial charge in [0.15, 0.2) is 0 Å². The quantitative estimate of drug-likeness (QED) is 0.303. The van der Waals surface area contributed by atoms with E-state index in [9.17, 15) is 10.1 Å². The number of hydrogen-bond donors (Lipinski definition) is 2. The number of thioether (sulfide) groups is 1. The molecule has 0 radical (unpaired) electrons. The Morgan fingerprint density at radius 1 is 1.29 bits per heavy atom. The summed E-state index contributed by atoms with van der Waals surface area (Å²) in [7, 11) is 0. The van der Waals surface area contributed by atoms with Crippen molar-refractivity contribution in [2.24, 2.45) is 5.73 Å². The van der Waals surface area contributed by atoms with Crippen LogP contribution in [-0.4, -0.2) is 35.0 Å². The molecule has 3 N–H and O–H groups in total. The molecule has 0 aliphatic carbocycles. The first-order valence-corrected chi connectivity index (χ1v) is 13.6. The number of pyridine rings is 2. The van der Waals surface area contributed by atoms with Crippen molar-refractivity contribution in [2.75, 3.05) is 18.0 Å². The molecular weight excluding hydrogens is 494 g/mol. The number of rotatable bonds is 9. The predicted octanol–water partition coefficient (Wildman–Crippen LogP) is 4.85. The van der Waals surface area contributed by atoms with Gasteiger partial charge in [-0.3, -0.25) is 9.78 Å². The van der Waals surface area contributed by atoms with E-state index in [1.165, 1.54) is 11.8 Å². The van der Waals surface area contributed by atoms with Gasteiger partial charge in [0.05, 0.1) is 12.1 Å². The van der Waals surface area contributed by atoms with E-state index in [-0.39, 0.29) is 0 Å². The topological polar surface area (TPSA) is 112 Å². The molecule has 1 saturated heterocycles. The Balaban J connectivity index is 1.57. The van der Waals surface area contributed by atoms with E-state index >= 15 is 0 Å². The molecule has 1 fully saturated rings. The highest BCUT2D eigenvalue weighted by atomic mass is 32.2. The van der Waals surface area contributed by atoms with E-state index in [4.69, 9.17) is 17.3 Å². The normalized spacial score (nSPS) is 14.5. The lowest BCUT2D eigenvalue weighted by Gasteiger charge is -2.34. The molecule has 194 valence electrons. The van der Waals surface area contributed by atoms with Crippen molar-refractivity contribution in [3.8, 4) is 6.07 Å². The first-order valence-electron chi connectivity index (χ1n) is 12.7. The zero-order chi connectivity index (χ0) is 27.1. The molecule has 3 heterocycles. The fraction of sp³-hybridized carbons (Fsp3) is 0.345. The average molecular weight is 526 g/mol. The Labute approximate surface area is 228 Å². The molecular formula is C29H31N7OS. The number of carbonyl (C=O) groups excluding carboxylic acids is 1. The molecule has 4 rings (SSSR count). The number of nitrogens with two attached hydrogens (primary N) is 1. The largest absolute Gasteiger partial charge is 0.368 e. The van der Waals surface area contributed by atoms with Crippen LogP contribution in [0, 0.1) is 24.8 Å². The zero-order valence-corrected chi connectivity index (χ0v) is 22.5. The number of carbonyl (C=O) groups is 1. The molecule has 1 atom stereocenters. The van der Waals surface area contributed by atoms with E-state index in [0.717, 1.165) is 49.3 Å². The number of nitrogens with one attached hydrogen (secondary N) is 1. The monoisotopic (exact) mass is 525 g/mol. The molecule has 1 aliphatic rings. The Morgan fingerprint density at radius 2 is 2.03 bits per heavy atom. The summed E-state index contributed by atoms with van der Waals surface area (Å²) in [6, 6.07) is 16.0. The van der Waals surface area contributed by atoms with Crippen LogP contribution in [0.3, 0.4) is 0 Å². The van der Waals surface area contributed by atoms with Crippen LogP contribution >= 0.6 is 11.8 Å². The van der Waals surface area contributed by atoms with E-state index in [2.05, 4.69) is 32.2 Å². The van der Waals surface area contributed by atoms with Gasteiger partial charge in [0.1, 0.15) is 22.2 Å². The molecule has 1 amide bonds. The maximum absolute atomic E-state index is 12.4. The number of hydrogen-bond acceptors (Lipinski definition) is 7. The molecule has 0 bridgehead atoms. The summed E-state index contributed by atoms with van der Waals surface area (Å²) in [6.07, 6.45) is 4.21. The lowest BCUT2D eigenvalue weighted by Crippen LogP contribution is -2.42. The Morgan fingerprint density at radius 3 is 2.61 bits per heavy atom. The predicted molar refractivity (Wildman–Crippen MR) is 150 cm³/mol. The highest BCUT2D eigenvalue weighted by molar-refractivity contribution is 8.00. The standard InChI is InChI=1S/C29H31N7OS/c1-4-23-24(16-30)29(38-26(27(31)37)21-8-6-5-7-9-21)35-28(25(23)32-3)36-14-12-22(13-15-36)34-18-20-11-10-19(2)33-17-20/h5-11,17,22,26,34H,4,12-15,18H2,1-2H3,(H2,31,37). The number of anilines is 1. The minimum Gasteiger partial charge on any atom is -0.368 e. The first-order chi connectivity index (χ1) is 18.4. The number of amides is 1. The van der Waals surface area contributed by atoms with Crippen molar-refractivity contribution in [1.82, 2.24) is 15.3 Å². The minimum atomic E-state index is -0.696. The maximum Gasteiger partial charge on any atom is 0.235 e. The first kappa shape index (κ1) is 27.1. The SMILES string of the molecule is [C-]#[N+]c1c(N2CCC(NCc3ccc(C)nc3)CC2)nc(SC(C(N)=O)c2ccccc2)c(C#N)c1CC. The Kier molecular flexibility index (Phi) is 8.96. The molecule has 0 saturated carbocycles. The fourth-order valence-electron chi connectivity index (χ4n) is 4.66. The number of primary amides is 1.